The molecule has 0 bridgehead atoms. The minimum atomic E-state index is -4.34. The van der Waals surface area contributed by atoms with Crippen LogP contribution < -0.4 is 9.08 Å². The van der Waals surface area contributed by atoms with Crippen LogP contribution in [0, 0.1) is 6.92 Å². The Morgan fingerprint density at radius 2 is 1.90 bits per heavy atom. The van der Waals surface area contributed by atoms with Crippen molar-refractivity contribution in [2.75, 3.05) is 11.4 Å². The molecule has 158 valence electrons. The summed E-state index contributed by atoms with van der Waals surface area (Å²) < 4.78 is 38.2. The van der Waals surface area contributed by atoms with Crippen molar-refractivity contribution in [2.45, 2.75) is 51.2 Å². The molecule has 0 saturated carbocycles. The van der Waals surface area contributed by atoms with Gasteiger partial charge in [0.2, 0.25) is 0 Å². The van der Waals surface area contributed by atoms with Crippen molar-refractivity contribution >= 4 is 45.2 Å². The standard InChI is InChI=1S/C18H21Cl2N3O5S/c1-11-8-12(19)9-13(20)15(11)28-29(25,26)14-10-21-23-7-5-6-22(16(14)23)17(24)27-18(2,3)4/h8-10H,5-7H2,1-4H3. The van der Waals surface area contributed by atoms with Gasteiger partial charge in [0, 0.05) is 18.1 Å². The van der Waals surface area contributed by atoms with E-state index < -0.39 is 21.8 Å². The number of fused-ring (bicyclic) bond motifs is 1. The molecule has 0 radical (unpaired) electrons. The number of aryl methyl sites for hydroxylation is 2. The maximum Gasteiger partial charge on any atom is 0.416 e. The second-order valence-electron chi connectivity index (χ2n) is 7.61. The van der Waals surface area contributed by atoms with Crippen molar-refractivity contribution in [3.63, 3.8) is 0 Å². The van der Waals surface area contributed by atoms with Crippen molar-refractivity contribution in [3.05, 3.63) is 33.9 Å². The third-order valence-electron chi connectivity index (χ3n) is 4.06. The summed E-state index contributed by atoms with van der Waals surface area (Å²) in [7, 11) is -4.34. The summed E-state index contributed by atoms with van der Waals surface area (Å²) >= 11 is 12.1. The van der Waals surface area contributed by atoms with Crippen molar-refractivity contribution in [3.8, 4) is 5.75 Å². The Bertz CT molecular complexity index is 1040. The fraction of sp³-hybridized carbons (Fsp3) is 0.444. The van der Waals surface area contributed by atoms with Crippen LogP contribution >= 0.6 is 23.2 Å². The van der Waals surface area contributed by atoms with Gasteiger partial charge in [-0.05, 0) is 51.8 Å². The Balaban J connectivity index is 2.01. The van der Waals surface area contributed by atoms with Crippen LogP contribution in [0.15, 0.2) is 23.2 Å². The number of ether oxygens (including phenoxy) is 1. The first-order valence-electron chi connectivity index (χ1n) is 8.85. The second-order valence-corrected chi connectivity index (χ2v) is 9.97. The zero-order valence-corrected chi connectivity index (χ0v) is 18.7. The predicted octanol–water partition coefficient (Wildman–Crippen LogP) is 4.41. The lowest BCUT2D eigenvalue weighted by Gasteiger charge is -2.30. The van der Waals surface area contributed by atoms with E-state index in [4.69, 9.17) is 32.1 Å². The highest BCUT2D eigenvalue weighted by molar-refractivity contribution is 7.87. The van der Waals surface area contributed by atoms with Crippen molar-refractivity contribution in [1.29, 1.82) is 0 Å². The minimum absolute atomic E-state index is 0.0318. The zero-order valence-electron chi connectivity index (χ0n) is 16.4. The van der Waals surface area contributed by atoms with E-state index >= 15 is 0 Å². The lowest BCUT2D eigenvalue weighted by Crippen LogP contribution is -2.42. The van der Waals surface area contributed by atoms with Crippen LogP contribution in [0.5, 0.6) is 5.75 Å². The van der Waals surface area contributed by atoms with Gasteiger partial charge in [0.15, 0.2) is 16.5 Å². The molecular formula is C18H21Cl2N3O5S. The summed E-state index contributed by atoms with van der Waals surface area (Å²) in [4.78, 5) is 13.7. The van der Waals surface area contributed by atoms with Gasteiger partial charge in [0.25, 0.3) is 0 Å². The van der Waals surface area contributed by atoms with Gasteiger partial charge >= 0.3 is 16.2 Å². The number of anilines is 1. The van der Waals surface area contributed by atoms with Crippen LogP contribution in [0.25, 0.3) is 0 Å². The summed E-state index contributed by atoms with van der Waals surface area (Å²) in [6.07, 6.45) is 1.11. The summed E-state index contributed by atoms with van der Waals surface area (Å²) in [5.41, 5.74) is -0.279. The van der Waals surface area contributed by atoms with E-state index in [0.29, 0.717) is 30.1 Å². The topological polar surface area (TPSA) is 90.7 Å². The maximum atomic E-state index is 13.0. The molecule has 3 rings (SSSR count). The molecule has 11 heteroatoms. The molecule has 1 aliphatic heterocycles. The van der Waals surface area contributed by atoms with Gasteiger partial charge in [-0.3, -0.25) is 4.90 Å². The van der Waals surface area contributed by atoms with E-state index in [2.05, 4.69) is 5.10 Å². The van der Waals surface area contributed by atoms with Crippen molar-refractivity contribution in [1.82, 2.24) is 9.78 Å². The fourth-order valence-electron chi connectivity index (χ4n) is 2.90. The number of aromatic nitrogens is 2. The Morgan fingerprint density at radius 3 is 2.52 bits per heavy atom. The molecule has 0 fully saturated rings. The van der Waals surface area contributed by atoms with Crippen LogP contribution in [-0.2, 0) is 21.4 Å². The molecule has 0 aliphatic carbocycles. The van der Waals surface area contributed by atoms with Crippen molar-refractivity contribution in [2.24, 2.45) is 0 Å². The molecule has 1 aliphatic rings. The summed E-state index contributed by atoms with van der Waals surface area (Å²) in [6, 6.07) is 2.93. The summed E-state index contributed by atoms with van der Waals surface area (Å²) in [5, 5.41) is 4.52. The lowest BCUT2D eigenvalue weighted by molar-refractivity contribution is 0.0571. The average molecular weight is 462 g/mol. The highest BCUT2D eigenvalue weighted by Crippen LogP contribution is 2.36. The summed E-state index contributed by atoms with van der Waals surface area (Å²) in [5.74, 6) is 0.0730. The normalized spacial score (nSPS) is 14.5. The highest BCUT2D eigenvalue weighted by Gasteiger charge is 2.36. The van der Waals surface area contributed by atoms with Crippen LogP contribution in [0.3, 0.4) is 0 Å². The molecule has 1 aromatic carbocycles. The lowest BCUT2D eigenvalue weighted by atomic mass is 10.2. The number of benzene rings is 1. The quantitative estimate of drug-likeness (QED) is 0.628. The number of rotatable bonds is 3. The Hall–Kier alpha value is -1.97. The molecule has 29 heavy (non-hydrogen) atoms. The van der Waals surface area contributed by atoms with E-state index in [-0.39, 0.29) is 21.5 Å². The van der Waals surface area contributed by atoms with E-state index in [0.717, 1.165) is 6.20 Å². The fourth-order valence-corrected chi connectivity index (χ4v) is 4.73. The Kier molecular flexibility index (Phi) is 5.77. The van der Waals surface area contributed by atoms with E-state index in [9.17, 15) is 13.2 Å². The average Bonchev–Trinajstić information content (AvgIpc) is 3.01. The minimum Gasteiger partial charge on any atom is -0.443 e. The third-order valence-corrected chi connectivity index (χ3v) is 5.77. The number of carbonyl (C=O) groups excluding carboxylic acids is 1. The molecule has 1 aromatic heterocycles. The number of carbonyl (C=O) groups is 1. The van der Waals surface area contributed by atoms with Crippen LogP contribution in [-0.4, -0.2) is 36.4 Å². The van der Waals surface area contributed by atoms with E-state index in [1.54, 1.807) is 33.8 Å². The van der Waals surface area contributed by atoms with Gasteiger partial charge < -0.3 is 8.92 Å². The third kappa shape index (κ3) is 4.62. The molecule has 0 N–H and O–H groups in total. The molecule has 0 atom stereocenters. The molecular weight excluding hydrogens is 441 g/mol. The van der Waals surface area contributed by atoms with E-state index in [1.807, 2.05) is 0 Å². The Morgan fingerprint density at radius 1 is 1.21 bits per heavy atom. The molecule has 0 spiro atoms. The van der Waals surface area contributed by atoms with Crippen LogP contribution in [0.1, 0.15) is 32.8 Å². The van der Waals surface area contributed by atoms with Crippen LogP contribution in [0.4, 0.5) is 10.6 Å². The predicted molar refractivity (Wildman–Crippen MR) is 109 cm³/mol. The first-order valence-corrected chi connectivity index (χ1v) is 11.0. The van der Waals surface area contributed by atoms with E-state index in [1.165, 1.54) is 15.6 Å². The molecule has 8 nitrogen and oxygen atoms in total. The maximum absolute atomic E-state index is 13.0. The molecule has 0 saturated heterocycles. The first kappa shape index (κ1) is 21.7. The second kappa shape index (κ2) is 7.70. The number of amides is 1. The highest BCUT2D eigenvalue weighted by atomic mass is 35.5. The van der Waals surface area contributed by atoms with Gasteiger partial charge in [0.1, 0.15) is 5.60 Å². The summed E-state index contributed by atoms with van der Waals surface area (Å²) in [6.45, 7) is 7.59. The Labute approximate surface area is 179 Å². The SMILES string of the molecule is Cc1cc(Cl)cc(Cl)c1OS(=O)(=O)c1cnn2c1N(C(=O)OC(C)(C)C)CCC2. The monoisotopic (exact) mass is 461 g/mol. The van der Waals surface area contributed by atoms with Gasteiger partial charge in [-0.2, -0.15) is 13.5 Å². The smallest absolute Gasteiger partial charge is 0.416 e. The molecule has 0 unspecified atom stereocenters. The first-order chi connectivity index (χ1) is 13.4. The largest absolute Gasteiger partial charge is 0.443 e. The van der Waals surface area contributed by atoms with Gasteiger partial charge in [-0.25, -0.2) is 9.48 Å². The molecule has 2 aromatic rings. The molecule has 1 amide bonds. The van der Waals surface area contributed by atoms with Crippen molar-refractivity contribution < 1.29 is 22.1 Å². The van der Waals surface area contributed by atoms with Gasteiger partial charge in [-0.15, -0.1) is 0 Å². The number of hydrogen-bond donors (Lipinski definition) is 0. The number of nitrogens with zero attached hydrogens (tertiary/aromatic N) is 3. The van der Waals surface area contributed by atoms with Gasteiger partial charge in [-0.1, -0.05) is 23.2 Å². The van der Waals surface area contributed by atoms with Gasteiger partial charge in [0.05, 0.1) is 11.2 Å². The number of hydrogen-bond acceptors (Lipinski definition) is 6. The van der Waals surface area contributed by atoms with Crippen LogP contribution in [0.2, 0.25) is 10.0 Å². The number of halogens is 2. The zero-order chi connectivity index (χ0) is 21.6. The molecule has 2 heterocycles.